The summed E-state index contributed by atoms with van der Waals surface area (Å²) in [5.41, 5.74) is 1.36. The molecule has 94 valence electrons. The van der Waals surface area contributed by atoms with Gasteiger partial charge < -0.3 is 9.84 Å². The van der Waals surface area contributed by atoms with E-state index in [4.69, 9.17) is 9.84 Å². The predicted molar refractivity (Wildman–Crippen MR) is 67.8 cm³/mol. The highest BCUT2D eigenvalue weighted by Gasteiger charge is 2.24. The maximum Gasteiger partial charge on any atom is 0.0698 e. The zero-order chi connectivity index (χ0) is 11.9. The van der Waals surface area contributed by atoms with E-state index in [1.165, 1.54) is 18.4 Å². The van der Waals surface area contributed by atoms with Crippen molar-refractivity contribution in [1.29, 1.82) is 0 Å². The molecule has 1 aliphatic rings. The van der Waals surface area contributed by atoms with Gasteiger partial charge in [0.15, 0.2) is 0 Å². The van der Waals surface area contributed by atoms with E-state index in [0.717, 1.165) is 19.7 Å². The van der Waals surface area contributed by atoms with Crippen LogP contribution in [0.3, 0.4) is 0 Å². The Kier molecular flexibility index (Phi) is 4.98. The van der Waals surface area contributed by atoms with E-state index in [2.05, 4.69) is 35.2 Å². The molecule has 1 aliphatic heterocycles. The predicted octanol–water partition coefficient (Wildman–Crippen LogP) is 1.66. The van der Waals surface area contributed by atoms with Gasteiger partial charge in [0.2, 0.25) is 0 Å². The number of rotatable bonds is 6. The van der Waals surface area contributed by atoms with Crippen LogP contribution in [-0.4, -0.2) is 42.4 Å². The molecule has 1 N–H and O–H groups in total. The third-order valence-corrected chi connectivity index (χ3v) is 3.27. The van der Waals surface area contributed by atoms with Crippen molar-refractivity contribution in [1.82, 2.24) is 4.90 Å². The highest BCUT2D eigenvalue weighted by Crippen LogP contribution is 2.20. The summed E-state index contributed by atoms with van der Waals surface area (Å²) in [5.74, 6) is 0. The zero-order valence-electron chi connectivity index (χ0n) is 10.2. The Balaban J connectivity index is 1.82. The minimum Gasteiger partial charge on any atom is -0.394 e. The summed E-state index contributed by atoms with van der Waals surface area (Å²) in [7, 11) is 0. The molecule has 1 saturated heterocycles. The van der Waals surface area contributed by atoms with Crippen molar-refractivity contribution in [2.45, 2.75) is 25.4 Å². The minimum atomic E-state index is 0.116. The molecular weight excluding hydrogens is 214 g/mol. The lowest BCUT2D eigenvalue weighted by atomic mass is 10.2. The van der Waals surface area contributed by atoms with Crippen LogP contribution < -0.4 is 0 Å². The van der Waals surface area contributed by atoms with Gasteiger partial charge in [-0.25, -0.2) is 0 Å². The number of ether oxygens (including phenoxy) is 1. The summed E-state index contributed by atoms with van der Waals surface area (Å²) in [6, 6.07) is 11.1. The molecule has 17 heavy (non-hydrogen) atoms. The molecule has 0 amide bonds. The van der Waals surface area contributed by atoms with E-state index >= 15 is 0 Å². The van der Waals surface area contributed by atoms with Gasteiger partial charge in [0.25, 0.3) is 0 Å². The fourth-order valence-electron chi connectivity index (χ4n) is 2.39. The van der Waals surface area contributed by atoms with Gasteiger partial charge in [-0.15, -0.1) is 0 Å². The second-order valence-electron chi connectivity index (χ2n) is 4.55. The van der Waals surface area contributed by atoms with Crippen molar-refractivity contribution < 1.29 is 9.84 Å². The maximum absolute atomic E-state index is 8.70. The average Bonchev–Trinajstić information content (AvgIpc) is 2.79. The highest BCUT2D eigenvalue weighted by molar-refractivity contribution is 5.14. The van der Waals surface area contributed by atoms with Crippen LogP contribution in [0.1, 0.15) is 18.4 Å². The van der Waals surface area contributed by atoms with E-state index in [9.17, 15) is 0 Å². The molecule has 0 aliphatic carbocycles. The van der Waals surface area contributed by atoms with Gasteiger partial charge >= 0.3 is 0 Å². The standard InChI is InChI=1S/C14H21NO2/c16-9-10-17-12-14-7-4-8-15(14)11-13-5-2-1-3-6-13/h1-3,5-6,14,16H,4,7-12H2/t14-/m1/s1. The molecule has 0 bridgehead atoms. The summed E-state index contributed by atoms with van der Waals surface area (Å²) in [5, 5.41) is 8.70. The first-order chi connectivity index (χ1) is 8.40. The Bertz CT molecular complexity index is 315. The Labute approximate surface area is 103 Å². The number of aliphatic hydroxyl groups excluding tert-OH is 1. The van der Waals surface area contributed by atoms with Crippen LogP contribution in [0.15, 0.2) is 30.3 Å². The van der Waals surface area contributed by atoms with Crippen LogP contribution in [-0.2, 0) is 11.3 Å². The molecule has 3 nitrogen and oxygen atoms in total. The molecule has 1 fully saturated rings. The third kappa shape index (κ3) is 3.80. The topological polar surface area (TPSA) is 32.7 Å². The van der Waals surface area contributed by atoms with Gasteiger partial charge in [0.1, 0.15) is 0 Å². The van der Waals surface area contributed by atoms with Gasteiger partial charge in [-0.3, -0.25) is 4.90 Å². The van der Waals surface area contributed by atoms with Gasteiger partial charge in [0.05, 0.1) is 19.8 Å². The molecule has 0 aromatic heterocycles. The summed E-state index contributed by atoms with van der Waals surface area (Å²) < 4.78 is 5.44. The molecule has 2 rings (SSSR count). The van der Waals surface area contributed by atoms with Crippen LogP contribution in [0.5, 0.6) is 0 Å². The van der Waals surface area contributed by atoms with Crippen molar-refractivity contribution in [2.24, 2.45) is 0 Å². The van der Waals surface area contributed by atoms with E-state index in [1.807, 2.05) is 0 Å². The molecule has 1 aromatic rings. The monoisotopic (exact) mass is 235 g/mol. The summed E-state index contributed by atoms with van der Waals surface area (Å²) in [4.78, 5) is 2.48. The van der Waals surface area contributed by atoms with Crippen LogP contribution in [0.2, 0.25) is 0 Å². The summed E-state index contributed by atoms with van der Waals surface area (Å²) >= 11 is 0. The minimum absolute atomic E-state index is 0.116. The average molecular weight is 235 g/mol. The second-order valence-corrected chi connectivity index (χ2v) is 4.55. The first-order valence-corrected chi connectivity index (χ1v) is 6.36. The fourth-order valence-corrected chi connectivity index (χ4v) is 2.39. The highest BCUT2D eigenvalue weighted by atomic mass is 16.5. The molecular formula is C14H21NO2. The third-order valence-electron chi connectivity index (χ3n) is 3.27. The molecule has 0 saturated carbocycles. The van der Waals surface area contributed by atoms with Gasteiger partial charge in [0, 0.05) is 12.6 Å². The van der Waals surface area contributed by atoms with Crippen molar-refractivity contribution in [3.63, 3.8) is 0 Å². The normalized spacial score (nSPS) is 20.9. The van der Waals surface area contributed by atoms with Gasteiger partial charge in [-0.1, -0.05) is 30.3 Å². The molecule has 0 unspecified atom stereocenters. The lowest BCUT2D eigenvalue weighted by Gasteiger charge is -2.24. The Morgan fingerprint density at radius 3 is 2.88 bits per heavy atom. The van der Waals surface area contributed by atoms with Crippen molar-refractivity contribution in [2.75, 3.05) is 26.4 Å². The van der Waals surface area contributed by atoms with Crippen LogP contribution >= 0.6 is 0 Å². The SMILES string of the molecule is OCCOC[C@H]1CCCN1Cc1ccccc1. The van der Waals surface area contributed by atoms with Gasteiger partial charge in [-0.2, -0.15) is 0 Å². The first-order valence-electron chi connectivity index (χ1n) is 6.36. The van der Waals surface area contributed by atoms with Crippen molar-refractivity contribution in [3.05, 3.63) is 35.9 Å². The summed E-state index contributed by atoms with van der Waals surface area (Å²) in [6.07, 6.45) is 2.46. The van der Waals surface area contributed by atoms with E-state index in [1.54, 1.807) is 0 Å². The van der Waals surface area contributed by atoms with Crippen molar-refractivity contribution in [3.8, 4) is 0 Å². The number of hydrogen-bond acceptors (Lipinski definition) is 3. The first kappa shape index (κ1) is 12.6. The lowest BCUT2D eigenvalue weighted by molar-refractivity contribution is 0.0514. The molecule has 0 radical (unpaired) electrons. The smallest absolute Gasteiger partial charge is 0.0698 e. The van der Waals surface area contributed by atoms with Crippen molar-refractivity contribution >= 4 is 0 Å². The molecule has 1 atom stereocenters. The van der Waals surface area contributed by atoms with Gasteiger partial charge in [-0.05, 0) is 24.9 Å². The fraction of sp³-hybridized carbons (Fsp3) is 0.571. The second kappa shape index (κ2) is 6.74. The number of hydrogen-bond donors (Lipinski definition) is 1. The lowest BCUT2D eigenvalue weighted by Crippen LogP contribution is -2.33. The van der Waals surface area contributed by atoms with Crippen LogP contribution in [0, 0.1) is 0 Å². The number of nitrogens with zero attached hydrogens (tertiary/aromatic N) is 1. The van der Waals surface area contributed by atoms with E-state index < -0.39 is 0 Å². The van der Waals surface area contributed by atoms with E-state index in [0.29, 0.717) is 12.6 Å². The zero-order valence-corrected chi connectivity index (χ0v) is 10.2. The quantitative estimate of drug-likeness (QED) is 0.761. The van der Waals surface area contributed by atoms with Crippen LogP contribution in [0.25, 0.3) is 0 Å². The Hall–Kier alpha value is -0.900. The number of aliphatic hydroxyl groups is 1. The van der Waals surface area contributed by atoms with Crippen LogP contribution in [0.4, 0.5) is 0 Å². The molecule has 1 heterocycles. The summed E-state index contributed by atoms with van der Waals surface area (Å²) in [6.45, 7) is 3.48. The number of benzene rings is 1. The largest absolute Gasteiger partial charge is 0.394 e. The molecule has 3 heteroatoms. The van der Waals surface area contributed by atoms with E-state index in [-0.39, 0.29) is 6.61 Å². The number of likely N-dealkylation sites (tertiary alicyclic amines) is 1. The molecule has 1 aromatic carbocycles. The Morgan fingerprint density at radius 2 is 2.12 bits per heavy atom. The maximum atomic E-state index is 8.70. The Morgan fingerprint density at radius 1 is 1.29 bits per heavy atom. The molecule has 0 spiro atoms.